The summed E-state index contributed by atoms with van der Waals surface area (Å²) in [6.45, 7) is 0.436. The molecule has 31 heavy (non-hydrogen) atoms. The van der Waals surface area contributed by atoms with Gasteiger partial charge in [0.2, 0.25) is 0 Å². The Balaban J connectivity index is 1.65. The van der Waals surface area contributed by atoms with Crippen LogP contribution in [0.15, 0.2) is 88.8 Å². The van der Waals surface area contributed by atoms with E-state index in [2.05, 4.69) is 4.98 Å². The van der Waals surface area contributed by atoms with E-state index < -0.39 is 11.7 Å². The van der Waals surface area contributed by atoms with E-state index in [1.165, 1.54) is 17.8 Å². The van der Waals surface area contributed by atoms with Gasteiger partial charge < -0.3 is 0 Å². The highest BCUT2D eigenvalue weighted by Crippen LogP contribution is 2.31. The first-order valence-corrected chi connectivity index (χ1v) is 10.7. The lowest BCUT2D eigenvalue weighted by Gasteiger charge is -2.14. The van der Waals surface area contributed by atoms with Crippen molar-refractivity contribution in [3.8, 4) is 0 Å². The molecular weight excluding hydrogens is 421 g/mol. The Hall–Kier alpha value is -3.06. The minimum Gasteiger partial charge on any atom is -0.287 e. The van der Waals surface area contributed by atoms with Gasteiger partial charge in [0.25, 0.3) is 5.56 Å². The molecule has 0 aliphatic heterocycles. The zero-order chi connectivity index (χ0) is 21.8. The largest absolute Gasteiger partial charge is 0.416 e. The number of halogens is 3. The van der Waals surface area contributed by atoms with Crippen LogP contribution in [0, 0.1) is 0 Å². The van der Waals surface area contributed by atoms with Crippen molar-refractivity contribution in [3.05, 3.63) is 106 Å². The van der Waals surface area contributed by atoms with Crippen LogP contribution in [0.4, 0.5) is 13.2 Å². The van der Waals surface area contributed by atoms with Gasteiger partial charge >= 0.3 is 6.18 Å². The molecule has 3 nitrogen and oxygen atoms in total. The van der Waals surface area contributed by atoms with Crippen LogP contribution in [0.25, 0.3) is 10.9 Å². The van der Waals surface area contributed by atoms with Crippen LogP contribution in [0.3, 0.4) is 0 Å². The van der Waals surface area contributed by atoms with Crippen LogP contribution in [-0.4, -0.2) is 9.55 Å². The fourth-order valence-electron chi connectivity index (χ4n) is 3.33. The lowest BCUT2D eigenvalue weighted by Crippen LogP contribution is -2.24. The van der Waals surface area contributed by atoms with Gasteiger partial charge in [0.05, 0.1) is 16.5 Å². The minimum absolute atomic E-state index is 0.145. The third-order valence-electron chi connectivity index (χ3n) is 4.92. The maximum atomic E-state index is 13.1. The maximum Gasteiger partial charge on any atom is 0.416 e. The van der Waals surface area contributed by atoms with Crippen LogP contribution in [0.1, 0.15) is 16.7 Å². The standard InChI is InChI=1S/C24H19F3N2OS/c25-24(26,27)19-10-6-9-18(15-19)16-31-23-28-21-12-5-4-11-20(21)22(30)29(23)14-13-17-7-2-1-3-8-17/h1-12,15H,13-14,16H2. The highest BCUT2D eigenvalue weighted by molar-refractivity contribution is 7.98. The van der Waals surface area contributed by atoms with Crippen molar-refractivity contribution in [2.45, 2.75) is 30.1 Å². The monoisotopic (exact) mass is 440 g/mol. The van der Waals surface area contributed by atoms with Crippen molar-refractivity contribution in [1.29, 1.82) is 0 Å². The molecule has 0 amide bonds. The lowest BCUT2D eigenvalue weighted by atomic mass is 10.1. The SMILES string of the molecule is O=c1c2ccccc2nc(SCc2cccc(C(F)(F)F)c2)n1CCc1ccccc1. The molecule has 0 unspecified atom stereocenters. The number of para-hydroxylation sites is 1. The average Bonchev–Trinajstić information content (AvgIpc) is 2.77. The first kappa shape index (κ1) is 21.2. The van der Waals surface area contributed by atoms with Crippen molar-refractivity contribution in [2.24, 2.45) is 0 Å². The molecule has 3 aromatic carbocycles. The zero-order valence-corrected chi connectivity index (χ0v) is 17.3. The van der Waals surface area contributed by atoms with Gasteiger partial charge in [-0.05, 0) is 35.7 Å². The molecule has 0 aliphatic rings. The molecule has 0 saturated heterocycles. The normalized spacial score (nSPS) is 11.7. The summed E-state index contributed by atoms with van der Waals surface area (Å²) >= 11 is 1.27. The van der Waals surface area contributed by atoms with Crippen LogP contribution in [0.5, 0.6) is 0 Å². The number of thioether (sulfide) groups is 1. The number of hydrogen-bond donors (Lipinski definition) is 0. The predicted octanol–water partition coefficient (Wildman–Crippen LogP) is 5.95. The predicted molar refractivity (Wildman–Crippen MR) is 117 cm³/mol. The Bertz CT molecular complexity index is 1250. The number of aromatic nitrogens is 2. The number of alkyl halides is 3. The first-order valence-electron chi connectivity index (χ1n) is 9.74. The van der Waals surface area contributed by atoms with Crippen molar-refractivity contribution in [1.82, 2.24) is 9.55 Å². The van der Waals surface area contributed by atoms with E-state index in [9.17, 15) is 18.0 Å². The summed E-state index contributed by atoms with van der Waals surface area (Å²) in [5, 5.41) is 1.02. The van der Waals surface area contributed by atoms with Crippen LogP contribution >= 0.6 is 11.8 Å². The molecule has 0 saturated carbocycles. The fourth-order valence-corrected chi connectivity index (χ4v) is 4.29. The van der Waals surface area contributed by atoms with Gasteiger partial charge in [-0.25, -0.2) is 4.98 Å². The topological polar surface area (TPSA) is 34.9 Å². The molecule has 0 N–H and O–H groups in total. The van der Waals surface area contributed by atoms with Crippen molar-refractivity contribution in [3.63, 3.8) is 0 Å². The van der Waals surface area contributed by atoms with Crippen LogP contribution in [-0.2, 0) is 24.9 Å². The highest BCUT2D eigenvalue weighted by atomic mass is 32.2. The summed E-state index contributed by atoms with van der Waals surface area (Å²) in [4.78, 5) is 17.8. The molecule has 4 rings (SSSR count). The molecule has 4 aromatic rings. The lowest BCUT2D eigenvalue weighted by molar-refractivity contribution is -0.137. The van der Waals surface area contributed by atoms with E-state index in [-0.39, 0.29) is 11.3 Å². The molecule has 7 heteroatoms. The third-order valence-corrected chi connectivity index (χ3v) is 5.96. The van der Waals surface area contributed by atoms with Gasteiger partial charge in [0.1, 0.15) is 0 Å². The van der Waals surface area contributed by atoms with E-state index in [1.54, 1.807) is 28.8 Å². The van der Waals surface area contributed by atoms with Gasteiger partial charge in [-0.15, -0.1) is 0 Å². The third kappa shape index (κ3) is 4.99. The molecule has 0 radical (unpaired) electrons. The Kier molecular flexibility index (Phi) is 6.13. The zero-order valence-electron chi connectivity index (χ0n) is 16.5. The molecule has 0 atom stereocenters. The molecule has 1 aromatic heterocycles. The smallest absolute Gasteiger partial charge is 0.287 e. The Morgan fingerprint density at radius 3 is 2.35 bits per heavy atom. The average molecular weight is 440 g/mol. The van der Waals surface area contributed by atoms with E-state index in [0.29, 0.717) is 34.6 Å². The maximum absolute atomic E-state index is 13.1. The van der Waals surface area contributed by atoms with Crippen LogP contribution in [0.2, 0.25) is 0 Å². The van der Waals surface area contributed by atoms with Gasteiger partial charge in [0.15, 0.2) is 5.16 Å². The Morgan fingerprint density at radius 2 is 1.58 bits per heavy atom. The summed E-state index contributed by atoms with van der Waals surface area (Å²) in [5.41, 5.74) is 1.37. The molecule has 0 fully saturated rings. The summed E-state index contributed by atoms with van der Waals surface area (Å²) in [6.07, 6.45) is -3.74. The second-order valence-electron chi connectivity index (χ2n) is 7.09. The number of hydrogen-bond acceptors (Lipinski definition) is 3. The second-order valence-corrected chi connectivity index (χ2v) is 8.03. The molecule has 158 valence electrons. The number of nitrogens with zero attached hydrogens (tertiary/aromatic N) is 2. The van der Waals surface area contributed by atoms with E-state index in [1.807, 2.05) is 36.4 Å². The van der Waals surface area contributed by atoms with Crippen molar-refractivity contribution in [2.75, 3.05) is 0 Å². The number of aryl methyl sites for hydroxylation is 1. The van der Waals surface area contributed by atoms with E-state index in [4.69, 9.17) is 0 Å². The van der Waals surface area contributed by atoms with Crippen LogP contribution < -0.4 is 5.56 Å². The molecule has 1 heterocycles. The van der Waals surface area contributed by atoms with Gasteiger partial charge in [-0.3, -0.25) is 9.36 Å². The first-order chi connectivity index (χ1) is 14.9. The number of fused-ring (bicyclic) bond motifs is 1. The van der Waals surface area contributed by atoms with Crippen molar-refractivity contribution >= 4 is 22.7 Å². The van der Waals surface area contributed by atoms with E-state index >= 15 is 0 Å². The summed E-state index contributed by atoms with van der Waals surface area (Å²) in [6, 6.07) is 22.2. The minimum atomic E-state index is -4.39. The number of benzene rings is 3. The Labute approximate surface area is 181 Å². The summed E-state index contributed by atoms with van der Waals surface area (Å²) in [5.74, 6) is 0.278. The van der Waals surface area contributed by atoms with Gasteiger partial charge in [0, 0.05) is 12.3 Å². The van der Waals surface area contributed by atoms with Gasteiger partial charge in [-0.2, -0.15) is 13.2 Å². The summed E-state index contributed by atoms with van der Waals surface area (Å²) in [7, 11) is 0. The van der Waals surface area contributed by atoms with Crippen molar-refractivity contribution < 1.29 is 13.2 Å². The Morgan fingerprint density at radius 1 is 0.871 bits per heavy atom. The van der Waals surface area contributed by atoms with Gasteiger partial charge in [-0.1, -0.05) is 72.4 Å². The molecule has 0 aliphatic carbocycles. The highest BCUT2D eigenvalue weighted by Gasteiger charge is 2.30. The number of rotatable bonds is 6. The molecule has 0 bridgehead atoms. The molecule has 0 spiro atoms. The second kappa shape index (κ2) is 8.98. The quantitative estimate of drug-likeness (QED) is 0.275. The summed E-state index contributed by atoms with van der Waals surface area (Å²) < 4.78 is 40.7. The molecular formula is C24H19F3N2OS. The van der Waals surface area contributed by atoms with E-state index in [0.717, 1.165) is 17.7 Å². The fraction of sp³-hybridized carbons (Fsp3) is 0.167.